The van der Waals surface area contributed by atoms with E-state index >= 15 is 0 Å². The van der Waals surface area contributed by atoms with Gasteiger partial charge in [0.25, 0.3) is 5.91 Å². The van der Waals surface area contributed by atoms with Crippen molar-refractivity contribution in [1.82, 2.24) is 9.88 Å². The fourth-order valence-corrected chi connectivity index (χ4v) is 3.44. The van der Waals surface area contributed by atoms with Gasteiger partial charge >= 0.3 is 0 Å². The summed E-state index contributed by atoms with van der Waals surface area (Å²) in [6, 6.07) is 13.4. The number of rotatable bonds is 4. The summed E-state index contributed by atoms with van der Waals surface area (Å²) in [5.41, 5.74) is 2.43. The minimum atomic E-state index is 0.0506. The van der Waals surface area contributed by atoms with Crippen LogP contribution in [0.3, 0.4) is 0 Å². The molecule has 4 rings (SSSR count). The Morgan fingerprint density at radius 2 is 2.23 bits per heavy atom. The molecule has 1 aromatic carbocycles. The predicted molar refractivity (Wildman–Crippen MR) is 98.9 cm³/mol. The number of piperidine rings is 1. The maximum absolute atomic E-state index is 12.9. The minimum absolute atomic E-state index is 0.0506. The predicted octanol–water partition coefficient (Wildman–Crippen LogP) is 3.96. The Bertz CT molecular complexity index is 904. The van der Waals surface area contributed by atoms with Gasteiger partial charge < -0.3 is 14.1 Å². The second-order valence-corrected chi connectivity index (χ2v) is 6.76. The molecule has 1 aliphatic heterocycles. The van der Waals surface area contributed by atoms with Crippen molar-refractivity contribution in [3.63, 3.8) is 0 Å². The van der Waals surface area contributed by atoms with Crippen LogP contribution in [0.2, 0.25) is 0 Å². The number of furan rings is 1. The van der Waals surface area contributed by atoms with Crippen LogP contribution in [0.25, 0.3) is 11.0 Å². The van der Waals surface area contributed by atoms with Crippen LogP contribution in [0.5, 0.6) is 0 Å². The zero-order valence-corrected chi connectivity index (χ0v) is 14.9. The number of nitrogens with zero attached hydrogens (tertiary/aromatic N) is 2. The quantitative estimate of drug-likeness (QED) is 0.715. The van der Waals surface area contributed by atoms with Gasteiger partial charge in [-0.25, -0.2) is 0 Å². The molecular formula is C21H22N2O3. The molecule has 5 nitrogen and oxygen atoms in total. The molecule has 1 fully saturated rings. The minimum Gasteiger partial charge on any atom is -0.461 e. The number of pyridine rings is 1. The molecule has 0 spiro atoms. The van der Waals surface area contributed by atoms with Crippen LogP contribution < -0.4 is 0 Å². The summed E-state index contributed by atoms with van der Waals surface area (Å²) in [4.78, 5) is 19.1. The molecule has 1 amide bonds. The van der Waals surface area contributed by atoms with Crippen molar-refractivity contribution in [2.24, 2.45) is 0 Å². The van der Waals surface area contributed by atoms with Gasteiger partial charge in [0, 0.05) is 30.2 Å². The number of hydrogen-bond acceptors (Lipinski definition) is 4. The van der Waals surface area contributed by atoms with Gasteiger partial charge in [-0.1, -0.05) is 6.07 Å². The molecule has 0 N–H and O–H groups in total. The monoisotopic (exact) mass is 350 g/mol. The van der Waals surface area contributed by atoms with E-state index in [1.807, 2.05) is 54.3 Å². The third kappa shape index (κ3) is 3.63. The van der Waals surface area contributed by atoms with Gasteiger partial charge in [0.15, 0.2) is 0 Å². The van der Waals surface area contributed by atoms with Gasteiger partial charge in [-0.2, -0.15) is 0 Å². The average molecular weight is 350 g/mol. The molecule has 0 radical (unpaired) electrons. The van der Waals surface area contributed by atoms with Gasteiger partial charge in [-0.3, -0.25) is 9.78 Å². The van der Waals surface area contributed by atoms with E-state index in [2.05, 4.69) is 4.98 Å². The van der Waals surface area contributed by atoms with E-state index < -0.39 is 0 Å². The summed E-state index contributed by atoms with van der Waals surface area (Å²) >= 11 is 0. The number of likely N-dealkylation sites (tertiary alicyclic amines) is 1. The molecule has 1 saturated heterocycles. The number of amides is 1. The first-order valence-corrected chi connectivity index (χ1v) is 9.00. The molecule has 2 aromatic heterocycles. The smallest absolute Gasteiger partial charge is 0.253 e. The van der Waals surface area contributed by atoms with Crippen LogP contribution in [0, 0.1) is 6.92 Å². The van der Waals surface area contributed by atoms with Gasteiger partial charge in [0.05, 0.1) is 18.4 Å². The summed E-state index contributed by atoms with van der Waals surface area (Å²) in [7, 11) is 0. The summed E-state index contributed by atoms with van der Waals surface area (Å²) in [6.45, 7) is 3.78. The summed E-state index contributed by atoms with van der Waals surface area (Å²) in [5.74, 6) is 0.905. The fourth-order valence-electron chi connectivity index (χ4n) is 3.44. The number of hydrogen-bond donors (Lipinski definition) is 0. The second-order valence-electron chi connectivity index (χ2n) is 6.76. The standard InChI is InChI=1S/C21H22N2O3/c1-15-11-17-12-16(7-8-20(17)26-15)21(24)23-10-4-6-19(13-23)25-14-18-5-2-3-9-22-18/h2-3,5,7-9,11-12,19H,4,6,10,13-14H2,1H3. The van der Waals surface area contributed by atoms with E-state index in [0.29, 0.717) is 18.7 Å². The van der Waals surface area contributed by atoms with Gasteiger partial charge in [-0.05, 0) is 56.2 Å². The highest BCUT2D eigenvalue weighted by molar-refractivity contribution is 5.97. The molecule has 1 unspecified atom stereocenters. The van der Waals surface area contributed by atoms with Crippen molar-refractivity contribution in [3.8, 4) is 0 Å². The van der Waals surface area contributed by atoms with Crippen LogP contribution in [0.4, 0.5) is 0 Å². The number of carbonyl (C=O) groups is 1. The topological polar surface area (TPSA) is 55.6 Å². The zero-order valence-electron chi connectivity index (χ0n) is 14.9. The number of aryl methyl sites for hydroxylation is 1. The van der Waals surface area contributed by atoms with Crippen LogP contribution >= 0.6 is 0 Å². The van der Waals surface area contributed by atoms with E-state index in [1.165, 1.54) is 0 Å². The largest absolute Gasteiger partial charge is 0.461 e. The normalized spacial score (nSPS) is 17.6. The Hall–Kier alpha value is -2.66. The molecule has 1 atom stereocenters. The maximum atomic E-state index is 12.9. The molecule has 3 heterocycles. The lowest BCUT2D eigenvalue weighted by Crippen LogP contribution is -2.43. The van der Waals surface area contributed by atoms with Crippen molar-refractivity contribution >= 4 is 16.9 Å². The molecule has 0 bridgehead atoms. The first-order valence-electron chi connectivity index (χ1n) is 9.00. The van der Waals surface area contributed by atoms with Gasteiger partial charge in [0.1, 0.15) is 11.3 Å². The first kappa shape index (κ1) is 16.8. The lowest BCUT2D eigenvalue weighted by Gasteiger charge is -2.32. The van der Waals surface area contributed by atoms with E-state index in [4.69, 9.17) is 9.15 Å². The molecular weight excluding hydrogens is 328 g/mol. The molecule has 5 heteroatoms. The van der Waals surface area contributed by atoms with E-state index in [-0.39, 0.29) is 12.0 Å². The molecule has 134 valence electrons. The van der Waals surface area contributed by atoms with Crippen molar-refractivity contribution in [2.45, 2.75) is 32.5 Å². The van der Waals surface area contributed by atoms with Crippen molar-refractivity contribution in [3.05, 3.63) is 65.7 Å². The Kier molecular flexibility index (Phi) is 4.71. The van der Waals surface area contributed by atoms with Crippen LogP contribution in [0.15, 0.2) is 53.1 Å². The highest BCUT2D eigenvalue weighted by Crippen LogP contribution is 2.22. The first-order chi connectivity index (χ1) is 12.7. The highest BCUT2D eigenvalue weighted by Gasteiger charge is 2.25. The van der Waals surface area contributed by atoms with Crippen molar-refractivity contribution < 1.29 is 13.9 Å². The number of ether oxygens (including phenoxy) is 1. The average Bonchev–Trinajstić information content (AvgIpc) is 3.06. The van der Waals surface area contributed by atoms with Crippen molar-refractivity contribution in [1.29, 1.82) is 0 Å². The van der Waals surface area contributed by atoms with Gasteiger partial charge in [0.2, 0.25) is 0 Å². The maximum Gasteiger partial charge on any atom is 0.253 e. The SMILES string of the molecule is Cc1cc2cc(C(=O)N3CCCC(OCc4ccccn4)C3)ccc2o1. The fraction of sp³-hybridized carbons (Fsp3) is 0.333. The summed E-state index contributed by atoms with van der Waals surface area (Å²) in [6.07, 6.45) is 3.74. The number of carbonyl (C=O) groups excluding carboxylic acids is 1. The van der Waals surface area contributed by atoms with E-state index in [9.17, 15) is 4.79 Å². The Labute approximate surface area is 152 Å². The van der Waals surface area contributed by atoms with Crippen LogP contribution in [-0.2, 0) is 11.3 Å². The number of fused-ring (bicyclic) bond motifs is 1. The van der Waals surface area contributed by atoms with Crippen LogP contribution in [-0.4, -0.2) is 35.0 Å². The van der Waals surface area contributed by atoms with Crippen molar-refractivity contribution in [2.75, 3.05) is 13.1 Å². The molecule has 0 saturated carbocycles. The van der Waals surface area contributed by atoms with Gasteiger partial charge in [-0.15, -0.1) is 0 Å². The molecule has 26 heavy (non-hydrogen) atoms. The summed E-state index contributed by atoms with van der Waals surface area (Å²) < 4.78 is 11.6. The lowest BCUT2D eigenvalue weighted by molar-refractivity contribution is -0.00784. The zero-order chi connectivity index (χ0) is 17.9. The van der Waals surface area contributed by atoms with E-state index in [1.54, 1.807) is 6.20 Å². The lowest BCUT2D eigenvalue weighted by atomic mass is 10.1. The Morgan fingerprint density at radius 3 is 3.08 bits per heavy atom. The number of aromatic nitrogens is 1. The third-order valence-electron chi connectivity index (χ3n) is 4.74. The highest BCUT2D eigenvalue weighted by atomic mass is 16.5. The van der Waals surface area contributed by atoms with Crippen LogP contribution in [0.1, 0.15) is 34.7 Å². The summed E-state index contributed by atoms with van der Waals surface area (Å²) in [5, 5.41) is 0.966. The second kappa shape index (κ2) is 7.30. The molecule has 1 aliphatic rings. The Balaban J connectivity index is 1.41. The molecule has 0 aliphatic carbocycles. The third-order valence-corrected chi connectivity index (χ3v) is 4.74. The molecule has 3 aromatic rings. The van der Waals surface area contributed by atoms with E-state index in [0.717, 1.165) is 41.8 Å². The Morgan fingerprint density at radius 1 is 1.31 bits per heavy atom. The number of benzene rings is 1.